The van der Waals surface area contributed by atoms with Crippen LogP contribution >= 0.6 is 11.6 Å². The van der Waals surface area contributed by atoms with Gasteiger partial charge in [-0.1, -0.05) is 11.6 Å². The standard InChI is InChI=1S/C21H16ClF2N3O2/c1-11-7-13(9-26-20(11)29-14-3-4-17(23)18(24)8-14)12(2)27-10-16-15(21(27)28)5-6-25-19(16)22/h3-9,12H,10H2,1-2H3. The first-order valence-corrected chi connectivity index (χ1v) is 9.26. The maximum absolute atomic E-state index is 13.4. The summed E-state index contributed by atoms with van der Waals surface area (Å²) in [6.45, 7) is 4.06. The molecular weight excluding hydrogens is 400 g/mol. The zero-order chi connectivity index (χ0) is 20.7. The van der Waals surface area contributed by atoms with Crippen LogP contribution in [0.4, 0.5) is 8.78 Å². The number of pyridine rings is 2. The van der Waals surface area contributed by atoms with E-state index in [2.05, 4.69) is 9.97 Å². The lowest BCUT2D eigenvalue weighted by molar-refractivity contribution is 0.0715. The van der Waals surface area contributed by atoms with Gasteiger partial charge in [0.1, 0.15) is 10.9 Å². The fourth-order valence-electron chi connectivity index (χ4n) is 3.28. The molecule has 4 rings (SSSR count). The number of hydrogen-bond donors (Lipinski definition) is 0. The molecule has 0 saturated heterocycles. The Morgan fingerprint density at radius 3 is 2.66 bits per heavy atom. The smallest absolute Gasteiger partial charge is 0.255 e. The monoisotopic (exact) mass is 415 g/mol. The van der Waals surface area contributed by atoms with Gasteiger partial charge in [0.25, 0.3) is 5.91 Å². The third kappa shape index (κ3) is 3.53. The van der Waals surface area contributed by atoms with Crippen LogP contribution in [0.2, 0.25) is 5.15 Å². The average Bonchev–Trinajstić information content (AvgIpc) is 3.04. The van der Waals surface area contributed by atoms with Gasteiger partial charge in [-0.05, 0) is 43.7 Å². The van der Waals surface area contributed by atoms with Gasteiger partial charge in [-0.2, -0.15) is 0 Å². The molecule has 1 atom stereocenters. The molecule has 0 spiro atoms. The fourth-order valence-corrected chi connectivity index (χ4v) is 3.50. The number of carbonyl (C=O) groups excluding carboxylic acids is 1. The second-order valence-corrected chi connectivity index (χ2v) is 7.16. The zero-order valence-corrected chi connectivity index (χ0v) is 16.4. The summed E-state index contributed by atoms with van der Waals surface area (Å²) in [6.07, 6.45) is 3.12. The molecular formula is C21H16ClF2N3O2. The van der Waals surface area contributed by atoms with Crippen LogP contribution in [0.15, 0.2) is 42.7 Å². The second kappa shape index (κ2) is 7.40. The normalized spacial score (nSPS) is 14.1. The fraction of sp³-hybridized carbons (Fsp3) is 0.190. The number of hydrogen-bond acceptors (Lipinski definition) is 4. The van der Waals surface area contributed by atoms with Crippen LogP contribution in [0.3, 0.4) is 0 Å². The van der Waals surface area contributed by atoms with Crippen molar-refractivity contribution in [1.82, 2.24) is 14.9 Å². The molecule has 2 aromatic heterocycles. The zero-order valence-electron chi connectivity index (χ0n) is 15.6. The lowest BCUT2D eigenvalue weighted by Gasteiger charge is -2.25. The molecule has 0 N–H and O–H groups in total. The summed E-state index contributed by atoms with van der Waals surface area (Å²) in [5, 5.41) is 0.329. The summed E-state index contributed by atoms with van der Waals surface area (Å²) >= 11 is 6.13. The maximum Gasteiger partial charge on any atom is 0.255 e. The molecule has 0 radical (unpaired) electrons. The molecule has 0 saturated carbocycles. The van der Waals surface area contributed by atoms with E-state index in [4.69, 9.17) is 16.3 Å². The predicted molar refractivity (Wildman–Crippen MR) is 103 cm³/mol. The summed E-state index contributed by atoms with van der Waals surface area (Å²) in [5.41, 5.74) is 2.78. The SMILES string of the molecule is Cc1cc(C(C)N2Cc3c(ccnc3Cl)C2=O)cnc1Oc1ccc(F)c(F)c1. The van der Waals surface area contributed by atoms with Crippen molar-refractivity contribution >= 4 is 17.5 Å². The predicted octanol–water partition coefficient (Wildman–Crippen LogP) is 5.23. The van der Waals surface area contributed by atoms with Crippen molar-refractivity contribution in [2.45, 2.75) is 26.4 Å². The largest absolute Gasteiger partial charge is 0.439 e. The highest BCUT2D eigenvalue weighted by Crippen LogP contribution is 2.34. The number of aromatic nitrogens is 2. The molecule has 1 amide bonds. The van der Waals surface area contributed by atoms with E-state index in [9.17, 15) is 13.6 Å². The molecule has 1 aromatic carbocycles. The Bertz CT molecular complexity index is 1120. The summed E-state index contributed by atoms with van der Waals surface area (Å²) in [6, 6.07) is 6.54. The van der Waals surface area contributed by atoms with E-state index >= 15 is 0 Å². The number of halogens is 3. The van der Waals surface area contributed by atoms with Crippen molar-refractivity contribution in [3.8, 4) is 11.6 Å². The lowest BCUT2D eigenvalue weighted by atomic mass is 10.1. The minimum atomic E-state index is -0.995. The van der Waals surface area contributed by atoms with Crippen LogP contribution in [-0.2, 0) is 6.54 Å². The Labute approximate surface area is 170 Å². The highest BCUT2D eigenvalue weighted by molar-refractivity contribution is 6.30. The van der Waals surface area contributed by atoms with Crippen LogP contribution in [0.25, 0.3) is 0 Å². The van der Waals surface area contributed by atoms with Crippen molar-refractivity contribution in [3.05, 3.63) is 81.8 Å². The number of carbonyl (C=O) groups is 1. The average molecular weight is 416 g/mol. The number of nitrogens with zero attached hydrogens (tertiary/aromatic N) is 3. The molecule has 1 aliphatic heterocycles. The third-order valence-corrected chi connectivity index (χ3v) is 5.26. The highest BCUT2D eigenvalue weighted by Gasteiger charge is 2.33. The first-order valence-electron chi connectivity index (χ1n) is 8.89. The molecule has 0 aliphatic carbocycles. The number of benzene rings is 1. The number of ether oxygens (including phenoxy) is 1. The first kappa shape index (κ1) is 19.3. The molecule has 8 heteroatoms. The molecule has 3 heterocycles. The van der Waals surface area contributed by atoms with Gasteiger partial charge in [0.05, 0.1) is 12.6 Å². The van der Waals surface area contributed by atoms with Crippen LogP contribution in [0, 0.1) is 18.6 Å². The topological polar surface area (TPSA) is 55.3 Å². The Balaban J connectivity index is 1.55. The van der Waals surface area contributed by atoms with E-state index in [0.29, 0.717) is 28.4 Å². The van der Waals surface area contributed by atoms with Crippen LogP contribution in [-0.4, -0.2) is 20.8 Å². The quantitative estimate of drug-likeness (QED) is 0.548. The molecule has 0 fully saturated rings. The number of fused-ring (bicyclic) bond motifs is 1. The van der Waals surface area contributed by atoms with Gasteiger partial charge in [-0.25, -0.2) is 18.7 Å². The molecule has 1 unspecified atom stereocenters. The van der Waals surface area contributed by atoms with E-state index in [1.54, 1.807) is 24.1 Å². The number of aryl methyl sites for hydroxylation is 1. The Hall–Kier alpha value is -3.06. The van der Waals surface area contributed by atoms with Crippen LogP contribution in [0.5, 0.6) is 11.6 Å². The van der Waals surface area contributed by atoms with Crippen molar-refractivity contribution in [2.24, 2.45) is 0 Å². The minimum absolute atomic E-state index is 0.114. The van der Waals surface area contributed by atoms with Gasteiger partial charge in [0.2, 0.25) is 5.88 Å². The molecule has 148 valence electrons. The van der Waals surface area contributed by atoms with Crippen molar-refractivity contribution in [2.75, 3.05) is 0 Å². The van der Waals surface area contributed by atoms with Crippen molar-refractivity contribution in [3.63, 3.8) is 0 Å². The summed E-state index contributed by atoms with van der Waals surface area (Å²) in [7, 11) is 0. The van der Waals surface area contributed by atoms with Crippen LogP contribution in [0.1, 0.15) is 40.0 Å². The third-order valence-electron chi connectivity index (χ3n) is 4.93. The van der Waals surface area contributed by atoms with Crippen molar-refractivity contribution < 1.29 is 18.3 Å². The van der Waals surface area contributed by atoms with Gasteiger partial charge < -0.3 is 9.64 Å². The van der Waals surface area contributed by atoms with E-state index < -0.39 is 11.6 Å². The highest BCUT2D eigenvalue weighted by atomic mass is 35.5. The summed E-state index contributed by atoms with van der Waals surface area (Å²) in [5.74, 6) is -1.64. The van der Waals surface area contributed by atoms with E-state index in [1.807, 2.05) is 13.0 Å². The Kier molecular flexibility index (Phi) is 4.92. The molecule has 1 aliphatic rings. The van der Waals surface area contributed by atoms with Crippen LogP contribution < -0.4 is 4.74 Å². The van der Waals surface area contributed by atoms with E-state index in [0.717, 1.165) is 17.7 Å². The molecule has 0 bridgehead atoms. The second-order valence-electron chi connectivity index (χ2n) is 6.81. The van der Waals surface area contributed by atoms with Gasteiger partial charge >= 0.3 is 0 Å². The maximum atomic E-state index is 13.4. The van der Waals surface area contributed by atoms with Gasteiger partial charge in [-0.15, -0.1) is 0 Å². The van der Waals surface area contributed by atoms with Gasteiger partial charge in [0.15, 0.2) is 11.6 Å². The molecule has 5 nitrogen and oxygen atoms in total. The first-order chi connectivity index (χ1) is 13.8. The number of rotatable bonds is 4. The van der Waals surface area contributed by atoms with E-state index in [1.165, 1.54) is 12.3 Å². The van der Waals surface area contributed by atoms with Gasteiger partial charge in [0, 0.05) is 35.2 Å². The Morgan fingerprint density at radius 1 is 1.17 bits per heavy atom. The lowest BCUT2D eigenvalue weighted by Crippen LogP contribution is -2.27. The molecule has 29 heavy (non-hydrogen) atoms. The van der Waals surface area contributed by atoms with E-state index in [-0.39, 0.29) is 23.6 Å². The Morgan fingerprint density at radius 2 is 1.97 bits per heavy atom. The summed E-state index contributed by atoms with van der Waals surface area (Å²) in [4.78, 5) is 22.8. The minimum Gasteiger partial charge on any atom is -0.439 e. The number of amides is 1. The summed E-state index contributed by atoms with van der Waals surface area (Å²) < 4.78 is 32.0. The molecule has 3 aromatic rings. The van der Waals surface area contributed by atoms with Gasteiger partial charge in [-0.3, -0.25) is 4.79 Å². The van der Waals surface area contributed by atoms with Crippen molar-refractivity contribution in [1.29, 1.82) is 0 Å².